The van der Waals surface area contributed by atoms with Crippen LogP contribution in [0, 0.1) is 0 Å². The summed E-state index contributed by atoms with van der Waals surface area (Å²) in [5.41, 5.74) is 2.21. The molecule has 188 valence electrons. The standard InChI is InChI=1S/C21H25Cl2NO3.C2HF3O2/c22-19-6-1-7-20(23)18(19)5-3-15-27-17-10-8-16(9-11-17)4-2-13-24-14-12-21(25)26;3-2(4,5)1(6)7/h1,6-11,24H,2-5,12-15H2,(H,25,26);(H,6,7). The topological polar surface area (TPSA) is 95.9 Å². The molecule has 0 amide bonds. The number of aryl methyl sites for hydroxylation is 1. The van der Waals surface area contributed by atoms with Gasteiger partial charge in [-0.3, -0.25) is 4.79 Å². The first kappa shape index (κ1) is 29.5. The summed E-state index contributed by atoms with van der Waals surface area (Å²) in [5, 5.41) is 20.2. The fraction of sp³-hybridized carbons (Fsp3) is 0.391. The summed E-state index contributed by atoms with van der Waals surface area (Å²) >= 11 is 12.3. The summed E-state index contributed by atoms with van der Waals surface area (Å²) in [5.74, 6) is -2.68. The molecule has 0 aliphatic heterocycles. The fourth-order valence-corrected chi connectivity index (χ4v) is 3.29. The molecule has 34 heavy (non-hydrogen) atoms. The van der Waals surface area contributed by atoms with E-state index in [4.69, 9.17) is 42.9 Å². The third kappa shape index (κ3) is 12.7. The van der Waals surface area contributed by atoms with Crippen molar-refractivity contribution in [3.8, 4) is 5.75 Å². The molecule has 0 saturated carbocycles. The van der Waals surface area contributed by atoms with E-state index in [0.717, 1.165) is 43.5 Å². The Kier molecular flexibility index (Phi) is 13.4. The third-order valence-electron chi connectivity index (χ3n) is 4.40. The Morgan fingerprint density at radius 2 is 1.50 bits per heavy atom. The fourth-order valence-electron chi connectivity index (χ4n) is 2.70. The molecule has 0 aromatic heterocycles. The lowest BCUT2D eigenvalue weighted by Gasteiger charge is -2.09. The van der Waals surface area contributed by atoms with Crippen LogP contribution in [0.3, 0.4) is 0 Å². The van der Waals surface area contributed by atoms with Gasteiger partial charge in [-0.25, -0.2) is 4.79 Å². The molecular formula is C23H26Cl2F3NO5. The van der Waals surface area contributed by atoms with E-state index < -0.39 is 18.1 Å². The van der Waals surface area contributed by atoms with Gasteiger partial charge >= 0.3 is 18.1 Å². The van der Waals surface area contributed by atoms with E-state index in [0.29, 0.717) is 23.2 Å². The monoisotopic (exact) mass is 523 g/mol. The average Bonchev–Trinajstić information content (AvgIpc) is 2.76. The van der Waals surface area contributed by atoms with Crippen molar-refractivity contribution in [3.05, 3.63) is 63.6 Å². The maximum atomic E-state index is 10.6. The summed E-state index contributed by atoms with van der Waals surface area (Å²) in [6, 6.07) is 13.6. The largest absolute Gasteiger partial charge is 0.494 e. The number of carboxylic acid groups (broad SMARTS) is 2. The van der Waals surface area contributed by atoms with E-state index in [1.54, 1.807) is 0 Å². The highest BCUT2D eigenvalue weighted by Gasteiger charge is 2.38. The lowest BCUT2D eigenvalue weighted by Crippen LogP contribution is -2.21. The Balaban J connectivity index is 0.000000718. The molecule has 0 aliphatic rings. The number of hydrogen-bond acceptors (Lipinski definition) is 4. The van der Waals surface area contributed by atoms with E-state index in [9.17, 15) is 18.0 Å². The minimum absolute atomic E-state index is 0.161. The Bertz CT molecular complexity index is 888. The summed E-state index contributed by atoms with van der Waals surface area (Å²) < 4.78 is 37.5. The molecule has 0 spiro atoms. The highest BCUT2D eigenvalue weighted by atomic mass is 35.5. The number of halogens is 5. The number of alkyl halides is 3. The zero-order valence-electron chi connectivity index (χ0n) is 18.2. The number of benzene rings is 2. The van der Waals surface area contributed by atoms with E-state index >= 15 is 0 Å². The first-order chi connectivity index (χ1) is 16.0. The third-order valence-corrected chi connectivity index (χ3v) is 5.11. The molecule has 2 aromatic rings. The second kappa shape index (κ2) is 15.4. The first-order valence-corrected chi connectivity index (χ1v) is 11.1. The van der Waals surface area contributed by atoms with Crippen LogP contribution >= 0.6 is 23.2 Å². The molecule has 0 unspecified atom stereocenters. The highest BCUT2D eigenvalue weighted by Crippen LogP contribution is 2.25. The van der Waals surface area contributed by atoms with Gasteiger partial charge in [0, 0.05) is 16.6 Å². The maximum Gasteiger partial charge on any atom is 0.490 e. The molecule has 0 fully saturated rings. The van der Waals surface area contributed by atoms with E-state index in [2.05, 4.69) is 17.4 Å². The molecule has 6 nitrogen and oxygen atoms in total. The van der Waals surface area contributed by atoms with Gasteiger partial charge in [0.25, 0.3) is 0 Å². The van der Waals surface area contributed by atoms with Gasteiger partial charge in [-0.2, -0.15) is 13.2 Å². The molecular weight excluding hydrogens is 498 g/mol. The molecule has 0 aliphatic carbocycles. The summed E-state index contributed by atoms with van der Waals surface area (Å²) in [7, 11) is 0. The van der Waals surface area contributed by atoms with Crippen LogP contribution in [0.4, 0.5) is 13.2 Å². The molecule has 0 bridgehead atoms. The minimum atomic E-state index is -5.08. The molecule has 2 aromatic carbocycles. The van der Waals surface area contributed by atoms with E-state index in [1.165, 1.54) is 5.56 Å². The minimum Gasteiger partial charge on any atom is -0.494 e. The maximum absolute atomic E-state index is 10.6. The van der Waals surface area contributed by atoms with Crippen LogP contribution in [0.5, 0.6) is 5.75 Å². The van der Waals surface area contributed by atoms with Gasteiger partial charge in [0.15, 0.2) is 0 Å². The van der Waals surface area contributed by atoms with Crippen LogP contribution in [-0.4, -0.2) is 48.0 Å². The molecule has 0 heterocycles. The summed E-state index contributed by atoms with van der Waals surface area (Å²) in [6.45, 7) is 1.94. The van der Waals surface area contributed by atoms with Crippen molar-refractivity contribution in [3.63, 3.8) is 0 Å². The quantitative estimate of drug-likeness (QED) is 0.312. The highest BCUT2D eigenvalue weighted by molar-refractivity contribution is 6.35. The van der Waals surface area contributed by atoms with Crippen LogP contribution in [0.25, 0.3) is 0 Å². The molecule has 0 atom stereocenters. The first-order valence-electron chi connectivity index (χ1n) is 10.4. The number of hydrogen-bond donors (Lipinski definition) is 3. The number of rotatable bonds is 12. The second-order valence-electron chi connectivity index (χ2n) is 7.10. The lowest BCUT2D eigenvalue weighted by atomic mass is 10.1. The smallest absolute Gasteiger partial charge is 0.490 e. The van der Waals surface area contributed by atoms with Gasteiger partial charge in [0.1, 0.15) is 5.75 Å². The van der Waals surface area contributed by atoms with Gasteiger partial charge < -0.3 is 20.3 Å². The SMILES string of the molecule is O=C(O)C(F)(F)F.O=C(O)CCNCCCc1ccc(OCCCc2c(Cl)cccc2Cl)cc1. The average molecular weight is 524 g/mol. The predicted molar refractivity (Wildman–Crippen MR) is 124 cm³/mol. The van der Waals surface area contributed by atoms with Gasteiger partial charge in [-0.05, 0) is 67.6 Å². The van der Waals surface area contributed by atoms with Crippen molar-refractivity contribution in [2.75, 3.05) is 19.7 Å². The van der Waals surface area contributed by atoms with Crippen LogP contribution < -0.4 is 10.1 Å². The lowest BCUT2D eigenvalue weighted by molar-refractivity contribution is -0.192. The molecule has 2 rings (SSSR count). The number of ether oxygens (including phenoxy) is 1. The predicted octanol–water partition coefficient (Wildman–Crippen LogP) is 5.64. The van der Waals surface area contributed by atoms with Gasteiger partial charge in [-0.1, -0.05) is 41.4 Å². The zero-order valence-corrected chi connectivity index (χ0v) is 19.7. The Morgan fingerprint density at radius 3 is 2.03 bits per heavy atom. The van der Waals surface area contributed by atoms with Crippen molar-refractivity contribution in [2.24, 2.45) is 0 Å². The molecule has 3 N–H and O–H groups in total. The normalized spacial score (nSPS) is 10.9. The van der Waals surface area contributed by atoms with Crippen molar-refractivity contribution in [1.29, 1.82) is 0 Å². The van der Waals surface area contributed by atoms with Gasteiger partial charge in [0.05, 0.1) is 13.0 Å². The molecule has 0 saturated heterocycles. The molecule has 0 radical (unpaired) electrons. The van der Waals surface area contributed by atoms with Crippen LogP contribution in [-0.2, 0) is 22.4 Å². The van der Waals surface area contributed by atoms with Crippen LogP contribution in [0.15, 0.2) is 42.5 Å². The van der Waals surface area contributed by atoms with Crippen molar-refractivity contribution in [1.82, 2.24) is 5.32 Å². The van der Waals surface area contributed by atoms with Crippen LogP contribution in [0.2, 0.25) is 10.0 Å². The Hall–Kier alpha value is -2.49. The zero-order chi connectivity index (χ0) is 25.6. The number of carbonyl (C=O) groups is 2. The molecule has 11 heteroatoms. The van der Waals surface area contributed by atoms with Gasteiger partial charge in [0.2, 0.25) is 0 Å². The van der Waals surface area contributed by atoms with Crippen molar-refractivity contribution < 1.29 is 37.7 Å². The van der Waals surface area contributed by atoms with Crippen molar-refractivity contribution >= 4 is 35.1 Å². The summed E-state index contributed by atoms with van der Waals surface area (Å²) in [4.78, 5) is 19.3. The van der Waals surface area contributed by atoms with Crippen molar-refractivity contribution in [2.45, 2.75) is 38.3 Å². The van der Waals surface area contributed by atoms with Gasteiger partial charge in [-0.15, -0.1) is 0 Å². The van der Waals surface area contributed by atoms with Crippen LogP contribution in [0.1, 0.15) is 30.4 Å². The number of aliphatic carboxylic acids is 2. The van der Waals surface area contributed by atoms with E-state index in [1.807, 2.05) is 30.3 Å². The Labute approximate surface area is 205 Å². The summed E-state index contributed by atoms with van der Waals surface area (Å²) in [6.07, 6.45) is -1.38. The second-order valence-corrected chi connectivity index (χ2v) is 7.91. The number of carboxylic acids is 2. The Morgan fingerprint density at radius 1 is 0.912 bits per heavy atom. The number of nitrogens with one attached hydrogen (secondary N) is 1. The van der Waals surface area contributed by atoms with E-state index in [-0.39, 0.29) is 6.42 Å².